The number of benzene rings is 2. The fourth-order valence-electron chi connectivity index (χ4n) is 3.05. The number of piperidine rings is 1. The van der Waals surface area contributed by atoms with E-state index in [-0.39, 0.29) is 6.10 Å². The second kappa shape index (κ2) is 6.42. The predicted octanol–water partition coefficient (Wildman–Crippen LogP) is 3.56. The minimum absolute atomic E-state index is 0.123. The van der Waals surface area contributed by atoms with Gasteiger partial charge < -0.3 is 5.11 Å². The molecular formula is C19H23NO. The number of hydrogen-bond donors (Lipinski definition) is 1. The van der Waals surface area contributed by atoms with E-state index in [0.29, 0.717) is 5.92 Å². The Morgan fingerprint density at radius 2 is 1.67 bits per heavy atom. The van der Waals surface area contributed by atoms with Crippen molar-refractivity contribution in [2.24, 2.45) is 5.92 Å². The molecule has 1 heterocycles. The summed E-state index contributed by atoms with van der Waals surface area (Å²) in [6, 6.07) is 19.3. The first-order chi connectivity index (χ1) is 10.2. The van der Waals surface area contributed by atoms with E-state index in [0.717, 1.165) is 26.1 Å². The van der Waals surface area contributed by atoms with Gasteiger partial charge in [0.05, 0.1) is 6.10 Å². The molecule has 2 aromatic rings. The lowest BCUT2D eigenvalue weighted by molar-refractivity contribution is 0.0320. The van der Waals surface area contributed by atoms with Crippen molar-refractivity contribution in [2.45, 2.75) is 26.0 Å². The molecule has 2 nitrogen and oxygen atoms in total. The van der Waals surface area contributed by atoms with Gasteiger partial charge in [-0.15, -0.1) is 0 Å². The summed E-state index contributed by atoms with van der Waals surface area (Å²) in [7, 11) is 0. The van der Waals surface area contributed by atoms with E-state index in [1.165, 1.54) is 16.7 Å². The van der Waals surface area contributed by atoms with Crippen LogP contribution < -0.4 is 0 Å². The largest absolute Gasteiger partial charge is 0.393 e. The summed E-state index contributed by atoms with van der Waals surface area (Å²) < 4.78 is 0. The molecule has 1 N–H and O–H groups in total. The molecule has 110 valence electrons. The molecule has 0 spiro atoms. The van der Waals surface area contributed by atoms with Crippen molar-refractivity contribution in [3.63, 3.8) is 0 Å². The van der Waals surface area contributed by atoms with Crippen LogP contribution in [0.2, 0.25) is 0 Å². The van der Waals surface area contributed by atoms with Gasteiger partial charge in [-0.3, -0.25) is 4.90 Å². The maximum atomic E-state index is 9.80. The highest BCUT2D eigenvalue weighted by Crippen LogP contribution is 2.22. The molecule has 3 rings (SSSR count). The summed E-state index contributed by atoms with van der Waals surface area (Å²) in [5, 5.41) is 9.80. The van der Waals surface area contributed by atoms with Gasteiger partial charge in [-0.25, -0.2) is 0 Å². The molecule has 0 bridgehead atoms. The number of aliphatic hydroxyl groups excluding tert-OH is 1. The minimum atomic E-state index is -0.123. The standard InChI is InChI=1S/C19H23NO/c1-15-13-20(12-11-19(15)21)14-16-7-9-18(10-8-16)17-5-3-2-4-6-17/h2-10,15,19,21H,11-14H2,1H3. The third kappa shape index (κ3) is 3.52. The van der Waals surface area contributed by atoms with Crippen molar-refractivity contribution < 1.29 is 5.11 Å². The van der Waals surface area contributed by atoms with E-state index in [2.05, 4.69) is 60.4 Å². The molecular weight excluding hydrogens is 258 g/mol. The topological polar surface area (TPSA) is 23.5 Å². The van der Waals surface area contributed by atoms with Crippen molar-refractivity contribution >= 4 is 0 Å². The van der Waals surface area contributed by atoms with Gasteiger partial charge in [0.2, 0.25) is 0 Å². The van der Waals surface area contributed by atoms with Crippen LogP contribution in [0.1, 0.15) is 18.9 Å². The van der Waals surface area contributed by atoms with Gasteiger partial charge in [0.25, 0.3) is 0 Å². The normalized spacial score (nSPS) is 23.1. The quantitative estimate of drug-likeness (QED) is 0.930. The van der Waals surface area contributed by atoms with Gasteiger partial charge in [-0.2, -0.15) is 0 Å². The van der Waals surface area contributed by atoms with Crippen molar-refractivity contribution in [1.82, 2.24) is 4.90 Å². The molecule has 0 aromatic heterocycles. The van der Waals surface area contributed by atoms with Crippen LogP contribution in [-0.2, 0) is 6.54 Å². The summed E-state index contributed by atoms with van der Waals surface area (Å²) in [4.78, 5) is 2.44. The van der Waals surface area contributed by atoms with Crippen molar-refractivity contribution in [2.75, 3.05) is 13.1 Å². The van der Waals surface area contributed by atoms with Gasteiger partial charge in [0.15, 0.2) is 0 Å². The van der Waals surface area contributed by atoms with Crippen LogP contribution in [0, 0.1) is 5.92 Å². The Morgan fingerprint density at radius 3 is 2.33 bits per heavy atom. The SMILES string of the molecule is CC1CN(Cc2ccc(-c3ccccc3)cc2)CCC1O. The first-order valence-corrected chi connectivity index (χ1v) is 7.77. The van der Waals surface area contributed by atoms with Crippen LogP contribution in [0.25, 0.3) is 11.1 Å². The van der Waals surface area contributed by atoms with Crippen LogP contribution in [0.4, 0.5) is 0 Å². The molecule has 2 aromatic carbocycles. The molecule has 1 saturated heterocycles. The summed E-state index contributed by atoms with van der Waals surface area (Å²) in [5.41, 5.74) is 3.87. The van der Waals surface area contributed by atoms with Gasteiger partial charge in [0.1, 0.15) is 0 Å². The van der Waals surface area contributed by atoms with E-state index in [1.807, 2.05) is 6.07 Å². The van der Waals surface area contributed by atoms with Gasteiger partial charge in [-0.05, 0) is 29.0 Å². The fourth-order valence-corrected chi connectivity index (χ4v) is 3.05. The van der Waals surface area contributed by atoms with Crippen LogP contribution in [0.5, 0.6) is 0 Å². The van der Waals surface area contributed by atoms with E-state index in [1.54, 1.807) is 0 Å². The minimum Gasteiger partial charge on any atom is -0.393 e. The third-order valence-corrected chi connectivity index (χ3v) is 4.41. The number of likely N-dealkylation sites (tertiary alicyclic amines) is 1. The van der Waals surface area contributed by atoms with Gasteiger partial charge >= 0.3 is 0 Å². The average Bonchev–Trinajstić information content (AvgIpc) is 2.53. The summed E-state index contributed by atoms with van der Waals surface area (Å²) in [6.45, 7) is 5.09. The average molecular weight is 281 g/mol. The number of rotatable bonds is 3. The fraction of sp³-hybridized carbons (Fsp3) is 0.368. The lowest BCUT2D eigenvalue weighted by Gasteiger charge is -2.34. The Morgan fingerprint density at radius 1 is 1.00 bits per heavy atom. The molecule has 1 aliphatic heterocycles. The molecule has 2 atom stereocenters. The molecule has 2 unspecified atom stereocenters. The highest BCUT2D eigenvalue weighted by Gasteiger charge is 2.23. The van der Waals surface area contributed by atoms with Crippen molar-refractivity contribution in [3.05, 3.63) is 60.2 Å². The number of aliphatic hydroxyl groups is 1. The second-order valence-corrected chi connectivity index (χ2v) is 6.13. The Labute approximate surface area is 127 Å². The van der Waals surface area contributed by atoms with Crippen LogP contribution in [0.15, 0.2) is 54.6 Å². The van der Waals surface area contributed by atoms with E-state index >= 15 is 0 Å². The lowest BCUT2D eigenvalue weighted by atomic mass is 9.96. The number of nitrogens with zero attached hydrogens (tertiary/aromatic N) is 1. The summed E-state index contributed by atoms with van der Waals surface area (Å²) in [6.07, 6.45) is 0.769. The second-order valence-electron chi connectivity index (χ2n) is 6.13. The van der Waals surface area contributed by atoms with Gasteiger partial charge in [0, 0.05) is 19.6 Å². The molecule has 0 radical (unpaired) electrons. The van der Waals surface area contributed by atoms with Crippen LogP contribution in [-0.4, -0.2) is 29.2 Å². The lowest BCUT2D eigenvalue weighted by Crippen LogP contribution is -2.41. The van der Waals surface area contributed by atoms with E-state index in [9.17, 15) is 5.11 Å². The molecule has 0 saturated carbocycles. The zero-order chi connectivity index (χ0) is 14.7. The molecule has 0 amide bonds. The Kier molecular flexibility index (Phi) is 4.37. The Bertz CT molecular complexity index is 564. The third-order valence-electron chi connectivity index (χ3n) is 4.41. The zero-order valence-corrected chi connectivity index (χ0v) is 12.6. The molecule has 1 aliphatic rings. The monoisotopic (exact) mass is 281 g/mol. The van der Waals surface area contributed by atoms with Crippen LogP contribution >= 0.6 is 0 Å². The van der Waals surface area contributed by atoms with Crippen molar-refractivity contribution in [3.8, 4) is 11.1 Å². The summed E-state index contributed by atoms with van der Waals surface area (Å²) >= 11 is 0. The summed E-state index contributed by atoms with van der Waals surface area (Å²) in [5.74, 6) is 0.377. The predicted molar refractivity (Wildman–Crippen MR) is 86.9 cm³/mol. The molecule has 21 heavy (non-hydrogen) atoms. The maximum absolute atomic E-state index is 9.80. The highest BCUT2D eigenvalue weighted by atomic mass is 16.3. The first-order valence-electron chi connectivity index (χ1n) is 7.77. The Hall–Kier alpha value is -1.64. The Balaban J connectivity index is 1.65. The smallest absolute Gasteiger partial charge is 0.0590 e. The van der Waals surface area contributed by atoms with E-state index < -0.39 is 0 Å². The highest BCUT2D eigenvalue weighted by molar-refractivity contribution is 5.63. The number of hydrogen-bond acceptors (Lipinski definition) is 2. The maximum Gasteiger partial charge on any atom is 0.0590 e. The molecule has 0 aliphatic carbocycles. The zero-order valence-electron chi connectivity index (χ0n) is 12.6. The molecule has 2 heteroatoms. The van der Waals surface area contributed by atoms with Crippen LogP contribution in [0.3, 0.4) is 0 Å². The van der Waals surface area contributed by atoms with E-state index in [4.69, 9.17) is 0 Å². The van der Waals surface area contributed by atoms with Crippen molar-refractivity contribution in [1.29, 1.82) is 0 Å². The first kappa shape index (κ1) is 14.3. The van der Waals surface area contributed by atoms with Gasteiger partial charge in [-0.1, -0.05) is 61.5 Å². The molecule has 1 fully saturated rings.